The topological polar surface area (TPSA) is 38.1 Å². The molecule has 0 amide bonds. The standard InChI is InChI=1S/C11H14N2OS/c1-8-13-7-11(15-8)10(12-2)6-9-4-3-5-14-9/h3-5,7,10,12H,6H2,1-2H3. The van der Waals surface area contributed by atoms with Gasteiger partial charge < -0.3 is 9.73 Å². The van der Waals surface area contributed by atoms with Crippen LogP contribution in [0.5, 0.6) is 0 Å². The summed E-state index contributed by atoms with van der Waals surface area (Å²) in [6.45, 7) is 2.02. The lowest BCUT2D eigenvalue weighted by Gasteiger charge is -2.11. The number of nitrogens with one attached hydrogen (secondary N) is 1. The van der Waals surface area contributed by atoms with Crippen LogP contribution in [0.25, 0.3) is 0 Å². The Labute approximate surface area is 93.2 Å². The molecule has 2 aromatic heterocycles. The van der Waals surface area contributed by atoms with Gasteiger partial charge in [-0.25, -0.2) is 4.98 Å². The lowest BCUT2D eigenvalue weighted by Crippen LogP contribution is -2.17. The van der Waals surface area contributed by atoms with Crippen LogP contribution in [0.1, 0.15) is 21.7 Å². The van der Waals surface area contributed by atoms with Gasteiger partial charge in [-0.15, -0.1) is 11.3 Å². The maximum absolute atomic E-state index is 5.34. The maximum Gasteiger partial charge on any atom is 0.105 e. The van der Waals surface area contributed by atoms with Crippen LogP contribution in [0.4, 0.5) is 0 Å². The molecule has 0 aliphatic carbocycles. The normalized spacial score (nSPS) is 12.9. The summed E-state index contributed by atoms with van der Waals surface area (Å²) in [7, 11) is 1.96. The Balaban J connectivity index is 2.11. The van der Waals surface area contributed by atoms with Crippen LogP contribution in [0.2, 0.25) is 0 Å². The average molecular weight is 222 g/mol. The number of aryl methyl sites for hydroxylation is 1. The number of thiazole rings is 1. The van der Waals surface area contributed by atoms with Crippen molar-refractivity contribution in [1.82, 2.24) is 10.3 Å². The molecule has 0 bridgehead atoms. The summed E-state index contributed by atoms with van der Waals surface area (Å²) >= 11 is 1.73. The summed E-state index contributed by atoms with van der Waals surface area (Å²) in [5, 5.41) is 4.38. The molecule has 3 nitrogen and oxygen atoms in total. The Kier molecular flexibility index (Phi) is 3.18. The molecule has 15 heavy (non-hydrogen) atoms. The van der Waals surface area contributed by atoms with E-state index < -0.39 is 0 Å². The van der Waals surface area contributed by atoms with E-state index in [0.717, 1.165) is 17.2 Å². The zero-order valence-corrected chi connectivity index (χ0v) is 9.67. The molecule has 0 fully saturated rings. The molecule has 0 aromatic carbocycles. The van der Waals surface area contributed by atoms with Crippen molar-refractivity contribution in [1.29, 1.82) is 0 Å². The molecule has 0 saturated heterocycles. The van der Waals surface area contributed by atoms with E-state index in [9.17, 15) is 0 Å². The molecule has 0 aliphatic heterocycles. The second kappa shape index (κ2) is 4.59. The van der Waals surface area contributed by atoms with Crippen LogP contribution in [0.15, 0.2) is 29.0 Å². The van der Waals surface area contributed by atoms with Gasteiger partial charge in [0.1, 0.15) is 5.76 Å². The molecule has 0 saturated carbocycles. The summed E-state index contributed by atoms with van der Waals surface area (Å²) < 4.78 is 5.34. The zero-order valence-electron chi connectivity index (χ0n) is 8.86. The monoisotopic (exact) mass is 222 g/mol. The molecule has 80 valence electrons. The number of rotatable bonds is 4. The van der Waals surface area contributed by atoms with Crippen molar-refractivity contribution in [3.05, 3.63) is 40.2 Å². The van der Waals surface area contributed by atoms with E-state index in [1.54, 1.807) is 17.6 Å². The van der Waals surface area contributed by atoms with Gasteiger partial charge >= 0.3 is 0 Å². The molecular formula is C11H14N2OS. The summed E-state index contributed by atoms with van der Waals surface area (Å²) in [5.41, 5.74) is 0. The minimum absolute atomic E-state index is 0.294. The first-order valence-corrected chi connectivity index (χ1v) is 5.73. The second-order valence-corrected chi connectivity index (χ2v) is 4.67. The Bertz CT molecular complexity index is 408. The molecule has 1 unspecified atom stereocenters. The quantitative estimate of drug-likeness (QED) is 0.864. The van der Waals surface area contributed by atoms with Crippen molar-refractivity contribution in [2.24, 2.45) is 0 Å². The summed E-state index contributed by atoms with van der Waals surface area (Å²) in [4.78, 5) is 5.52. The summed E-state index contributed by atoms with van der Waals surface area (Å²) in [6.07, 6.45) is 4.51. The minimum atomic E-state index is 0.294. The first-order chi connectivity index (χ1) is 7.29. The van der Waals surface area contributed by atoms with E-state index in [0.29, 0.717) is 6.04 Å². The lowest BCUT2D eigenvalue weighted by molar-refractivity contribution is 0.468. The number of hydrogen-bond donors (Lipinski definition) is 1. The number of aromatic nitrogens is 1. The van der Waals surface area contributed by atoms with Crippen molar-refractivity contribution in [3.8, 4) is 0 Å². The molecule has 1 atom stereocenters. The van der Waals surface area contributed by atoms with E-state index >= 15 is 0 Å². The molecular weight excluding hydrogens is 208 g/mol. The van der Waals surface area contributed by atoms with Crippen LogP contribution in [-0.4, -0.2) is 12.0 Å². The fourth-order valence-electron chi connectivity index (χ4n) is 1.51. The highest BCUT2D eigenvalue weighted by molar-refractivity contribution is 7.11. The number of furan rings is 1. The van der Waals surface area contributed by atoms with Crippen molar-refractivity contribution < 1.29 is 4.42 Å². The molecule has 0 spiro atoms. The number of likely N-dealkylation sites (N-methyl/N-ethyl adjacent to an activating group) is 1. The Morgan fingerprint density at radius 1 is 1.60 bits per heavy atom. The van der Waals surface area contributed by atoms with Gasteiger partial charge in [0.2, 0.25) is 0 Å². The molecule has 0 aliphatic rings. The third-order valence-corrected chi connectivity index (χ3v) is 3.34. The predicted octanol–water partition coefficient (Wildman–Crippen LogP) is 2.55. The van der Waals surface area contributed by atoms with Gasteiger partial charge in [-0.3, -0.25) is 0 Å². The molecule has 4 heteroatoms. The Morgan fingerprint density at radius 3 is 3.00 bits per heavy atom. The lowest BCUT2D eigenvalue weighted by atomic mass is 10.1. The third-order valence-electron chi connectivity index (χ3n) is 2.32. The SMILES string of the molecule is CNC(Cc1ccco1)c1cnc(C)s1. The average Bonchev–Trinajstić information content (AvgIpc) is 2.85. The highest BCUT2D eigenvalue weighted by Crippen LogP contribution is 2.23. The number of hydrogen-bond acceptors (Lipinski definition) is 4. The van der Waals surface area contributed by atoms with Crippen LogP contribution in [0, 0.1) is 6.92 Å². The molecule has 2 aromatic rings. The van der Waals surface area contributed by atoms with Crippen LogP contribution < -0.4 is 5.32 Å². The van der Waals surface area contributed by atoms with Gasteiger partial charge in [0.25, 0.3) is 0 Å². The zero-order chi connectivity index (χ0) is 10.7. The van der Waals surface area contributed by atoms with Crippen LogP contribution in [0.3, 0.4) is 0 Å². The summed E-state index contributed by atoms with van der Waals surface area (Å²) in [5.74, 6) is 1.00. The smallest absolute Gasteiger partial charge is 0.105 e. The van der Waals surface area contributed by atoms with Crippen molar-refractivity contribution in [3.63, 3.8) is 0 Å². The van der Waals surface area contributed by atoms with Gasteiger partial charge in [0.15, 0.2) is 0 Å². The van der Waals surface area contributed by atoms with Crippen molar-refractivity contribution >= 4 is 11.3 Å². The fourth-order valence-corrected chi connectivity index (χ4v) is 2.41. The first kappa shape index (κ1) is 10.4. The molecule has 0 radical (unpaired) electrons. The second-order valence-electron chi connectivity index (χ2n) is 3.41. The van der Waals surface area contributed by atoms with Crippen LogP contribution >= 0.6 is 11.3 Å². The van der Waals surface area contributed by atoms with Gasteiger partial charge in [-0.05, 0) is 26.1 Å². The van der Waals surface area contributed by atoms with E-state index in [2.05, 4.69) is 10.3 Å². The fraction of sp³-hybridized carbons (Fsp3) is 0.364. The molecule has 2 rings (SSSR count). The van der Waals surface area contributed by atoms with Crippen molar-refractivity contribution in [2.75, 3.05) is 7.05 Å². The van der Waals surface area contributed by atoms with Crippen LogP contribution in [-0.2, 0) is 6.42 Å². The predicted molar refractivity (Wildman–Crippen MR) is 61.1 cm³/mol. The van der Waals surface area contributed by atoms with E-state index in [1.165, 1.54) is 4.88 Å². The molecule has 1 N–H and O–H groups in total. The van der Waals surface area contributed by atoms with Gasteiger partial charge in [-0.1, -0.05) is 0 Å². The highest BCUT2D eigenvalue weighted by atomic mass is 32.1. The molecule has 2 heterocycles. The maximum atomic E-state index is 5.34. The first-order valence-electron chi connectivity index (χ1n) is 4.91. The summed E-state index contributed by atoms with van der Waals surface area (Å²) in [6, 6.07) is 4.21. The highest BCUT2D eigenvalue weighted by Gasteiger charge is 2.13. The van der Waals surface area contributed by atoms with E-state index in [4.69, 9.17) is 4.42 Å². The van der Waals surface area contributed by atoms with Gasteiger partial charge in [0.05, 0.1) is 11.3 Å². The van der Waals surface area contributed by atoms with Crippen molar-refractivity contribution in [2.45, 2.75) is 19.4 Å². The van der Waals surface area contributed by atoms with Gasteiger partial charge in [0, 0.05) is 23.5 Å². The van der Waals surface area contributed by atoms with E-state index in [-0.39, 0.29) is 0 Å². The number of nitrogens with zero attached hydrogens (tertiary/aromatic N) is 1. The third kappa shape index (κ3) is 2.46. The minimum Gasteiger partial charge on any atom is -0.469 e. The van der Waals surface area contributed by atoms with E-state index in [1.807, 2.05) is 32.3 Å². The Hall–Kier alpha value is -1.13. The largest absolute Gasteiger partial charge is 0.469 e. The van der Waals surface area contributed by atoms with Gasteiger partial charge in [-0.2, -0.15) is 0 Å². The Morgan fingerprint density at radius 2 is 2.47 bits per heavy atom.